The van der Waals surface area contributed by atoms with E-state index in [-0.39, 0.29) is 64.8 Å². The molecule has 1 aliphatic heterocycles. The van der Waals surface area contributed by atoms with Gasteiger partial charge in [-0.25, -0.2) is 21.9 Å². The lowest BCUT2D eigenvalue weighted by molar-refractivity contribution is -0.0672. The van der Waals surface area contributed by atoms with Crippen LogP contribution >= 0.6 is 11.6 Å². The predicted molar refractivity (Wildman–Crippen MR) is 124 cm³/mol. The molecule has 0 saturated heterocycles. The Bertz CT molecular complexity index is 1330. The molecule has 5 rings (SSSR count). The molecule has 2 fully saturated rings. The van der Waals surface area contributed by atoms with Crippen LogP contribution in [0.3, 0.4) is 0 Å². The molecule has 2 bridgehead atoms. The topological polar surface area (TPSA) is 121 Å². The number of sulfonamides is 1. The van der Waals surface area contributed by atoms with E-state index in [2.05, 4.69) is 10.0 Å². The zero-order valence-electron chi connectivity index (χ0n) is 18.5. The molecule has 2 atom stereocenters. The molecule has 188 valence electrons. The minimum Gasteiger partial charge on any atom is -0.393 e. The van der Waals surface area contributed by atoms with Crippen molar-refractivity contribution >= 4 is 39.3 Å². The van der Waals surface area contributed by atoms with E-state index in [1.807, 2.05) is 0 Å². The molecule has 1 amide bonds. The summed E-state index contributed by atoms with van der Waals surface area (Å²) in [6.07, 6.45) is 5.28. The number of benzene rings is 1. The van der Waals surface area contributed by atoms with E-state index in [1.165, 1.54) is 10.6 Å². The number of nitrogens with one attached hydrogen (secondary N) is 2. The van der Waals surface area contributed by atoms with Crippen molar-refractivity contribution in [2.75, 3.05) is 11.9 Å². The van der Waals surface area contributed by atoms with Crippen LogP contribution in [0.5, 0.6) is 0 Å². The maximum absolute atomic E-state index is 13.6. The summed E-state index contributed by atoms with van der Waals surface area (Å²) in [5.41, 5.74) is -1.09. The number of anilines is 1. The van der Waals surface area contributed by atoms with Crippen molar-refractivity contribution in [1.82, 2.24) is 9.29 Å². The van der Waals surface area contributed by atoms with E-state index >= 15 is 0 Å². The predicted octanol–water partition coefficient (Wildman–Crippen LogP) is 2.89. The second kappa shape index (κ2) is 8.67. The SMILES string of the molecule is O=C(Nc1ccc(F)c(F)c1)c1c(Cl)c(S(=O)(=O)NC2C3CCC2CC(O)(CO)C3)c2n1CC=C2. The van der Waals surface area contributed by atoms with Crippen LogP contribution in [0, 0.1) is 23.5 Å². The molecule has 12 heteroatoms. The van der Waals surface area contributed by atoms with Crippen molar-refractivity contribution in [3.8, 4) is 0 Å². The van der Waals surface area contributed by atoms with E-state index < -0.39 is 39.2 Å². The Morgan fingerprint density at radius 2 is 1.89 bits per heavy atom. The number of allylic oxidation sites excluding steroid dienone is 1. The molecule has 1 aromatic heterocycles. The number of rotatable bonds is 6. The summed E-state index contributed by atoms with van der Waals surface area (Å²) in [5.74, 6) is -3.25. The second-order valence-electron chi connectivity index (χ2n) is 9.51. The molecular formula is C23H24ClF2N3O5S. The Hall–Kier alpha value is -2.31. The van der Waals surface area contributed by atoms with Crippen LogP contribution in [0.25, 0.3) is 6.08 Å². The van der Waals surface area contributed by atoms with Crippen molar-refractivity contribution in [2.45, 2.75) is 48.8 Å². The standard InChI is InChI=1S/C23H24ClF2N3O5S/c24-18-20(22(31)27-14-5-6-15(25)16(26)8-14)29-7-1-2-17(29)21(18)35(33,34)28-19-12-3-4-13(19)10-23(32,9-12)11-30/h1-2,5-6,8,12-13,19,28,30,32H,3-4,7,9-11H2,(H,27,31). The highest BCUT2D eigenvalue weighted by Gasteiger charge is 2.50. The number of fused-ring (bicyclic) bond motifs is 3. The molecule has 3 aliphatic rings. The minimum atomic E-state index is -4.17. The average molecular weight is 528 g/mol. The van der Waals surface area contributed by atoms with Crippen molar-refractivity contribution in [3.05, 3.63) is 52.3 Å². The average Bonchev–Trinajstić information content (AvgIpc) is 3.41. The number of halogens is 3. The van der Waals surface area contributed by atoms with E-state index in [0.29, 0.717) is 0 Å². The Kier molecular flexibility index (Phi) is 6.04. The zero-order chi connectivity index (χ0) is 25.1. The maximum Gasteiger partial charge on any atom is 0.273 e. The molecule has 2 heterocycles. The first kappa shape index (κ1) is 24.4. The molecule has 4 N–H and O–H groups in total. The molecule has 2 aliphatic carbocycles. The summed E-state index contributed by atoms with van der Waals surface area (Å²) in [4.78, 5) is 12.8. The summed E-state index contributed by atoms with van der Waals surface area (Å²) < 4.78 is 58.1. The van der Waals surface area contributed by atoms with Crippen molar-refractivity contribution in [2.24, 2.45) is 11.8 Å². The number of hydrogen-bond acceptors (Lipinski definition) is 5. The summed E-state index contributed by atoms with van der Waals surface area (Å²) in [6, 6.07) is 2.44. The van der Waals surface area contributed by atoms with Gasteiger partial charge in [0.05, 0.1) is 22.9 Å². The third-order valence-corrected chi connectivity index (χ3v) is 9.23. The number of carbonyl (C=O) groups excluding carboxylic acids is 1. The van der Waals surface area contributed by atoms with Gasteiger partial charge in [-0.3, -0.25) is 4.79 Å². The first-order chi connectivity index (χ1) is 16.5. The van der Waals surface area contributed by atoms with E-state index in [9.17, 15) is 32.2 Å². The third kappa shape index (κ3) is 4.19. The van der Waals surface area contributed by atoms with E-state index in [4.69, 9.17) is 11.6 Å². The monoisotopic (exact) mass is 527 g/mol. The van der Waals surface area contributed by atoms with Gasteiger partial charge < -0.3 is 20.1 Å². The Labute approximate surface area is 205 Å². The second-order valence-corrected chi connectivity index (χ2v) is 11.5. The number of hydrogen-bond donors (Lipinski definition) is 4. The Morgan fingerprint density at radius 3 is 2.51 bits per heavy atom. The van der Waals surface area contributed by atoms with Gasteiger partial charge in [0.2, 0.25) is 10.0 Å². The Balaban J connectivity index is 1.45. The van der Waals surface area contributed by atoms with Gasteiger partial charge in [0.15, 0.2) is 11.6 Å². The number of nitrogens with zero attached hydrogens (tertiary/aromatic N) is 1. The highest BCUT2D eigenvalue weighted by Crippen LogP contribution is 2.47. The summed E-state index contributed by atoms with van der Waals surface area (Å²) in [6.45, 7) is -0.164. The minimum absolute atomic E-state index is 0.0100. The van der Waals surface area contributed by atoms with Gasteiger partial charge in [-0.15, -0.1) is 0 Å². The van der Waals surface area contributed by atoms with Gasteiger partial charge in [-0.1, -0.05) is 17.7 Å². The molecule has 0 radical (unpaired) electrons. The van der Waals surface area contributed by atoms with Crippen LogP contribution in [0.1, 0.15) is 41.9 Å². The third-order valence-electron chi connectivity index (χ3n) is 7.22. The van der Waals surface area contributed by atoms with Crippen molar-refractivity contribution in [3.63, 3.8) is 0 Å². The number of carbonyl (C=O) groups is 1. The lowest BCUT2D eigenvalue weighted by Crippen LogP contribution is -2.51. The molecule has 2 aromatic rings. The fourth-order valence-corrected chi connectivity index (χ4v) is 7.93. The normalized spacial score (nSPS) is 27.3. The molecule has 1 aromatic carbocycles. The number of aliphatic hydroxyl groups is 2. The van der Waals surface area contributed by atoms with Crippen LogP contribution in [0.2, 0.25) is 5.02 Å². The summed E-state index contributed by atoms with van der Waals surface area (Å²) in [7, 11) is -4.17. The van der Waals surface area contributed by atoms with E-state index in [0.717, 1.165) is 25.0 Å². The molecular weight excluding hydrogens is 504 g/mol. The van der Waals surface area contributed by atoms with Gasteiger partial charge in [-0.2, -0.15) is 0 Å². The van der Waals surface area contributed by atoms with Gasteiger partial charge >= 0.3 is 0 Å². The summed E-state index contributed by atoms with van der Waals surface area (Å²) in [5, 5.41) is 22.2. The Morgan fingerprint density at radius 1 is 1.20 bits per heavy atom. The quantitative estimate of drug-likeness (QED) is 0.460. The van der Waals surface area contributed by atoms with Crippen LogP contribution in [-0.4, -0.2) is 47.4 Å². The fourth-order valence-electron chi connectivity index (χ4n) is 5.70. The van der Waals surface area contributed by atoms with Crippen LogP contribution in [-0.2, 0) is 16.6 Å². The fraction of sp³-hybridized carbons (Fsp3) is 0.435. The highest BCUT2D eigenvalue weighted by molar-refractivity contribution is 7.89. The number of aliphatic hydroxyl groups excluding tert-OH is 1. The van der Waals surface area contributed by atoms with Gasteiger partial charge in [0.1, 0.15) is 10.6 Å². The van der Waals surface area contributed by atoms with Gasteiger partial charge in [-0.05, 0) is 55.7 Å². The first-order valence-corrected chi connectivity index (χ1v) is 13.1. The molecule has 2 unspecified atom stereocenters. The first-order valence-electron chi connectivity index (χ1n) is 11.2. The molecule has 0 spiro atoms. The van der Waals surface area contributed by atoms with Crippen LogP contribution in [0.4, 0.5) is 14.5 Å². The van der Waals surface area contributed by atoms with Gasteiger partial charge in [0.25, 0.3) is 5.91 Å². The lowest BCUT2D eigenvalue weighted by Gasteiger charge is -2.40. The van der Waals surface area contributed by atoms with Crippen molar-refractivity contribution < 1.29 is 32.2 Å². The highest BCUT2D eigenvalue weighted by atomic mass is 35.5. The zero-order valence-corrected chi connectivity index (χ0v) is 20.0. The number of amides is 1. The van der Waals surface area contributed by atoms with Crippen LogP contribution < -0.4 is 10.0 Å². The van der Waals surface area contributed by atoms with Crippen LogP contribution in [0.15, 0.2) is 29.2 Å². The lowest BCUT2D eigenvalue weighted by atomic mass is 9.75. The van der Waals surface area contributed by atoms with Crippen molar-refractivity contribution in [1.29, 1.82) is 0 Å². The summed E-state index contributed by atoms with van der Waals surface area (Å²) >= 11 is 6.48. The molecule has 8 nitrogen and oxygen atoms in total. The molecule has 2 saturated carbocycles. The number of aromatic nitrogens is 1. The smallest absolute Gasteiger partial charge is 0.273 e. The maximum atomic E-state index is 13.6. The largest absolute Gasteiger partial charge is 0.393 e. The molecule has 35 heavy (non-hydrogen) atoms. The van der Waals surface area contributed by atoms with Gasteiger partial charge in [0, 0.05) is 24.3 Å². The van der Waals surface area contributed by atoms with E-state index in [1.54, 1.807) is 12.2 Å².